The van der Waals surface area contributed by atoms with E-state index in [-0.39, 0.29) is 17.6 Å². The van der Waals surface area contributed by atoms with Gasteiger partial charge in [0.15, 0.2) is 0 Å². The van der Waals surface area contributed by atoms with Crippen LogP contribution in [0.5, 0.6) is 0 Å². The third-order valence-electron chi connectivity index (χ3n) is 5.20. The molecular weight excluding hydrogens is 382 g/mol. The Labute approximate surface area is 174 Å². The second kappa shape index (κ2) is 8.10. The second-order valence-corrected chi connectivity index (χ2v) is 7.77. The average molecular weight is 407 g/mol. The molecule has 0 saturated heterocycles. The molecule has 0 saturated carbocycles. The molecule has 0 radical (unpaired) electrons. The van der Waals surface area contributed by atoms with E-state index in [1.807, 2.05) is 41.1 Å². The molecule has 156 valence electrons. The smallest absolute Gasteiger partial charge is 0.291 e. The highest BCUT2D eigenvalue weighted by Crippen LogP contribution is 2.24. The predicted octanol–water partition coefficient (Wildman–Crippen LogP) is 1.81. The molecule has 2 amide bonds. The van der Waals surface area contributed by atoms with Gasteiger partial charge in [-0.15, -0.1) is 5.10 Å². The Morgan fingerprint density at radius 2 is 2.00 bits per heavy atom. The predicted molar refractivity (Wildman–Crippen MR) is 111 cm³/mol. The van der Waals surface area contributed by atoms with E-state index >= 15 is 0 Å². The number of likely N-dealkylation sites (N-methyl/N-ethyl adjacent to an activating group) is 1. The fourth-order valence-corrected chi connectivity index (χ4v) is 3.47. The second-order valence-electron chi connectivity index (χ2n) is 7.77. The summed E-state index contributed by atoms with van der Waals surface area (Å²) in [6.07, 6.45) is 1.97. The van der Waals surface area contributed by atoms with Gasteiger partial charge in [-0.1, -0.05) is 44.2 Å². The molecule has 4 rings (SSSR count). The number of anilines is 1. The van der Waals surface area contributed by atoms with Crippen molar-refractivity contribution in [2.24, 2.45) is 0 Å². The summed E-state index contributed by atoms with van der Waals surface area (Å²) in [5, 5.41) is 11.6. The number of carbonyl (C=O) groups is 2. The normalized spacial score (nSPS) is 16.5. The van der Waals surface area contributed by atoms with E-state index in [2.05, 4.69) is 34.3 Å². The summed E-state index contributed by atoms with van der Waals surface area (Å²) in [5.74, 6) is 0.425. The fourth-order valence-electron chi connectivity index (χ4n) is 3.47. The van der Waals surface area contributed by atoms with E-state index in [1.54, 1.807) is 16.6 Å². The zero-order valence-electron chi connectivity index (χ0n) is 17.3. The summed E-state index contributed by atoms with van der Waals surface area (Å²) in [6.45, 7) is 5.19. The lowest BCUT2D eigenvalue weighted by atomic mass is 10.1. The minimum Gasteiger partial charge on any atom is -0.337 e. The molecule has 0 fully saturated rings. The van der Waals surface area contributed by atoms with Crippen LogP contribution in [-0.4, -0.2) is 49.4 Å². The zero-order valence-corrected chi connectivity index (χ0v) is 17.3. The van der Waals surface area contributed by atoms with E-state index in [4.69, 9.17) is 0 Å². The molecule has 1 aromatic carbocycles. The van der Waals surface area contributed by atoms with Crippen LogP contribution < -0.4 is 10.2 Å². The fraction of sp³-hybridized carbons (Fsp3) is 0.381. The number of aromatic nitrogens is 5. The molecule has 3 aromatic rings. The van der Waals surface area contributed by atoms with E-state index in [1.165, 1.54) is 6.33 Å². The molecule has 0 aliphatic carbocycles. The first-order valence-corrected chi connectivity index (χ1v) is 10.0. The number of hydrogen-bond donors (Lipinski definition) is 1. The average Bonchev–Trinajstić information content (AvgIpc) is 3.36. The number of amides is 2. The number of aryl methyl sites for hydroxylation is 1. The van der Waals surface area contributed by atoms with Crippen LogP contribution in [0.4, 0.5) is 5.82 Å². The number of fused-ring (bicyclic) bond motifs is 1. The zero-order chi connectivity index (χ0) is 21.3. The summed E-state index contributed by atoms with van der Waals surface area (Å²) in [5.41, 5.74) is 2.01. The number of nitrogens with zero attached hydrogens (tertiary/aromatic N) is 6. The molecule has 1 atom stereocenters. The van der Waals surface area contributed by atoms with Crippen LogP contribution in [0, 0.1) is 0 Å². The Morgan fingerprint density at radius 3 is 2.73 bits per heavy atom. The van der Waals surface area contributed by atoms with Crippen LogP contribution in [0.25, 0.3) is 0 Å². The monoisotopic (exact) mass is 407 g/mol. The molecule has 9 nitrogen and oxygen atoms in total. The van der Waals surface area contributed by atoms with Gasteiger partial charge in [0.05, 0.1) is 12.2 Å². The van der Waals surface area contributed by atoms with Crippen molar-refractivity contribution in [3.05, 3.63) is 59.8 Å². The highest BCUT2D eigenvalue weighted by Gasteiger charge is 2.31. The van der Waals surface area contributed by atoms with Crippen molar-refractivity contribution in [2.45, 2.75) is 45.3 Å². The van der Waals surface area contributed by atoms with Crippen molar-refractivity contribution < 1.29 is 9.59 Å². The molecule has 3 heterocycles. The van der Waals surface area contributed by atoms with Crippen molar-refractivity contribution in [3.8, 4) is 0 Å². The van der Waals surface area contributed by atoms with Crippen LogP contribution in [0.1, 0.15) is 48.1 Å². The summed E-state index contributed by atoms with van der Waals surface area (Å²) < 4.78 is 3.43. The third kappa shape index (κ3) is 3.96. The minimum atomic E-state index is -0.659. The maximum atomic E-state index is 12.9. The minimum absolute atomic E-state index is 0.0467. The van der Waals surface area contributed by atoms with Gasteiger partial charge in [0.2, 0.25) is 5.82 Å². The first-order chi connectivity index (χ1) is 14.4. The van der Waals surface area contributed by atoms with Gasteiger partial charge in [0, 0.05) is 19.7 Å². The molecule has 1 N–H and O–H groups in total. The maximum absolute atomic E-state index is 12.9. The lowest BCUT2D eigenvalue weighted by Gasteiger charge is -2.20. The highest BCUT2D eigenvalue weighted by atomic mass is 16.2. The van der Waals surface area contributed by atoms with E-state index in [0.717, 1.165) is 17.1 Å². The van der Waals surface area contributed by atoms with E-state index in [0.29, 0.717) is 19.5 Å². The Bertz CT molecular complexity index is 1050. The molecule has 2 aromatic heterocycles. The third-order valence-corrected chi connectivity index (χ3v) is 5.20. The molecule has 1 aliphatic rings. The Kier molecular flexibility index (Phi) is 5.35. The SMILES string of the molecule is CC(C)c1cc2n(n1)CC[C@H](NC(=O)c1ncn(Cc3ccccc3)n1)C(=O)N2C. The van der Waals surface area contributed by atoms with Crippen LogP contribution >= 0.6 is 0 Å². The van der Waals surface area contributed by atoms with Crippen LogP contribution in [0.15, 0.2) is 42.7 Å². The largest absolute Gasteiger partial charge is 0.337 e. The number of nitrogens with one attached hydrogen (secondary N) is 1. The van der Waals surface area contributed by atoms with Crippen molar-refractivity contribution in [3.63, 3.8) is 0 Å². The molecule has 9 heteroatoms. The van der Waals surface area contributed by atoms with E-state index in [9.17, 15) is 9.59 Å². The Balaban J connectivity index is 1.43. The molecule has 0 bridgehead atoms. The van der Waals surface area contributed by atoms with Crippen molar-refractivity contribution in [2.75, 3.05) is 11.9 Å². The first kappa shape index (κ1) is 19.8. The summed E-state index contributed by atoms with van der Waals surface area (Å²) in [7, 11) is 1.71. The lowest BCUT2D eigenvalue weighted by molar-refractivity contribution is -0.120. The van der Waals surface area contributed by atoms with Crippen molar-refractivity contribution in [1.82, 2.24) is 29.9 Å². The molecule has 0 spiro atoms. The first-order valence-electron chi connectivity index (χ1n) is 10.0. The standard InChI is InChI=1S/C21H25N7O2/c1-14(2)17-11-18-26(3)21(30)16(9-10-28(18)24-17)23-20(29)19-22-13-27(25-19)12-15-7-5-4-6-8-15/h4-8,11,13-14,16H,9-10,12H2,1-3H3,(H,23,29)/t16-/m0/s1. The number of carbonyl (C=O) groups excluding carboxylic acids is 2. The Morgan fingerprint density at radius 1 is 1.23 bits per heavy atom. The van der Waals surface area contributed by atoms with Gasteiger partial charge in [0.1, 0.15) is 18.2 Å². The van der Waals surface area contributed by atoms with Crippen LogP contribution in [-0.2, 0) is 17.9 Å². The van der Waals surface area contributed by atoms with Gasteiger partial charge in [-0.05, 0) is 17.9 Å². The molecular formula is C21H25N7O2. The number of benzene rings is 1. The van der Waals surface area contributed by atoms with E-state index < -0.39 is 11.9 Å². The summed E-state index contributed by atoms with van der Waals surface area (Å²) in [6, 6.07) is 11.1. The molecule has 30 heavy (non-hydrogen) atoms. The molecule has 1 aliphatic heterocycles. The van der Waals surface area contributed by atoms with Crippen molar-refractivity contribution >= 4 is 17.6 Å². The summed E-state index contributed by atoms with van der Waals surface area (Å²) >= 11 is 0. The maximum Gasteiger partial charge on any atom is 0.291 e. The van der Waals surface area contributed by atoms with Crippen LogP contribution in [0.3, 0.4) is 0 Å². The number of rotatable bonds is 5. The topological polar surface area (TPSA) is 97.9 Å². The lowest BCUT2D eigenvalue weighted by Crippen LogP contribution is -2.47. The van der Waals surface area contributed by atoms with Gasteiger partial charge < -0.3 is 5.32 Å². The van der Waals surface area contributed by atoms with Gasteiger partial charge in [-0.25, -0.2) is 14.3 Å². The van der Waals surface area contributed by atoms with Gasteiger partial charge in [-0.2, -0.15) is 5.10 Å². The van der Waals surface area contributed by atoms with Gasteiger partial charge >= 0.3 is 0 Å². The van der Waals surface area contributed by atoms with Crippen molar-refractivity contribution in [1.29, 1.82) is 0 Å². The van der Waals surface area contributed by atoms with Gasteiger partial charge in [-0.3, -0.25) is 14.5 Å². The number of hydrogen-bond acceptors (Lipinski definition) is 5. The Hall–Kier alpha value is -3.49. The van der Waals surface area contributed by atoms with Gasteiger partial charge in [0.25, 0.3) is 11.8 Å². The molecule has 0 unspecified atom stereocenters. The highest BCUT2D eigenvalue weighted by molar-refractivity contribution is 6.00. The quantitative estimate of drug-likeness (QED) is 0.696. The summed E-state index contributed by atoms with van der Waals surface area (Å²) in [4.78, 5) is 31.2. The van der Waals surface area contributed by atoms with Crippen LogP contribution in [0.2, 0.25) is 0 Å².